The van der Waals surface area contributed by atoms with E-state index >= 15 is 0 Å². The molecule has 2 aliphatic heterocycles. The minimum absolute atomic E-state index is 0.00877. The van der Waals surface area contributed by atoms with Gasteiger partial charge in [-0.05, 0) is 30.3 Å². The Morgan fingerprint density at radius 2 is 1.50 bits per heavy atom. The lowest BCUT2D eigenvalue weighted by Gasteiger charge is -2.37. The molecule has 3 aromatic rings. The standard InChI is InChI=1S/C27H22ClF6N5O4S/c28-20-14-17(26(29,30)31)15-35-23(20)36-10-12-37(13-11-36)24(40)21-16-38(25(41)39(21)18-6-2-1-3-7-18)44(42,43)22-9-5-4-8-19(22)27(32,33)34/h1-9,14-15,21H,10-13,16H2. The average molecular weight is 662 g/mol. The molecule has 0 aliphatic carbocycles. The predicted octanol–water partition coefficient (Wildman–Crippen LogP) is 5.12. The third kappa shape index (κ3) is 5.87. The third-order valence-electron chi connectivity index (χ3n) is 7.19. The molecule has 1 atom stereocenters. The van der Waals surface area contributed by atoms with Crippen LogP contribution < -0.4 is 9.80 Å². The van der Waals surface area contributed by atoms with Crippen LogP contribution in [0.25, 0.3) is 0 Å². The van der Waals surface area contributed by atoms with Gasteiger partial charge in [-0.25, -0.2) is 22.5 Å². The van der Waals surface area contributed by atoms with E-state index in [1.54, 1.807) is 23.1 Å². The molecule has 0 N–H and O–H groups in total. The van der Waals surface area contributed by atoms with Gasteiger partial charge in [-0.3, -0.25) is 9.69 Å². The minimum atomic E-state index is -5.06. The Balaban J connectivity index is 1.40. The van der Waals surface area contributed by atoms with E-state index in [9.17, 15) is 44.3 Å². The first-order valence-electron chi connectivity index (χ1n) is 12.9. The zero-order valence-corrected chi connectivity index (χ0v) is 24.0. The van der Waals surface area contributed by atoms with Gasteiger partial charge in [0.15, 0.2) is 0 Å². The summed E-state index contributed by atoms with van der Waals surface area (Å²) in [6.45, 7) is -0.551. The van der Waals surface area contributed by atoms with Crippen LogP contribution in [-0.2, 0) is 27.2 Å². The Kier molecular flexibility index (Phi) is 8.18. The highest BCUT2D eigenvalue weighted by Gasteiger charge is 2.50. The fraction of sp³-hybridized carbons (Fsp3) is 0.296. The molecule has 0 spiro atoms. The number of para-hydroxylation sites is 1. The lowest BCUT2D eigenvalue weighted by molar-refractivity contribution is -0.140. The number of hydrogen-bond acceptors (Lipinski definition) is 6. The second kappa shape index (κ2) is 11.5. The van der Waals surface area contributed by atoms with Crippen LogP contribution in [0.15, 0.2) is 71.8 Å². The van der Waals surface area contributed by atoms with Gasteiger partial charge in [0.2, 0.25) is 5.91 Å². The Hall–Kier alpha value is -4.05. The van der Waals surface area contributed by atoms with E-state index in [0.717, 1.165) is 29.2 Å². The Morgan fingerprint density at radius 3 is 2.09 bits per heavy atom. The van der Waals surface area contributed by atoms with Gasteiger partial charge in [-0.1, -0.05) is 41.9 Å². The van der Waals surface area contributed by atoms with Gasteiger partial charge in [0.05, 0.1) is 27.6 Å². The summed E-state index contributed by atoms with van der Waals surface area (Å²) in [5.41, 5.74) is -2.33. The predicted molar refractivity (Wildman–Crippen MR) is 146 cm³/mol. The van der Waals surface area contributed by atoms with Crippen molar-refractivity contribution in [1.82, 2.24) is 14.2 Å². The maximum atomic E-state index is 13.8. The van der Waals surface area contributed by atoms with Crippen molar-refractivity contribution in [2.45, 2.75) is 23.3 Å². The zero-order valence-electron chi connectivity index (χ0n) is 22.4. The van der Waals surface area contributed by atoms with Crippen molar-refractivity contribution >= 4 is 45.1 Å². The van der Waals surface area contributed by atoms with Gasteiger partial charge in [0.25, 0.3) is 10.0 Å². The van der Waals surface area contributed by atoms with Crippen molar-refractivity contribution in [3.8, 4) is 0 Å². The SMILES string of the molecule is O=C(C1CN(S(=O)(=O)c2ccccc2C(F)(F)F)C(=O)N1c1ccccc1)N1CCN(c2ncc(C(F)(F)F)cc2Cl)CC1. The number of aromatic nitrogens is 1. The number of sulfonamides is 1. The molecule has 0 bridgehead atoms. The first-order valence-corrected chi connectivity index (χ1v) is 14.8. The average Bonchev–Trinajstić information content (AvgIpc) is 3.34. The molecule has 3 heterocycles. The highest BCUT2D eigenvalue weighted by molar-refractivity contribution is 7.89. The van der Waals surface area contributed by atoms with Gasteiger partial charge in [-0.15, -0.1) is 0 Å². The van der Waals surface area contributed by atoms with Crippen LogP contribution >= 0.6 is 11.6 Å². The fourth-order valence-electron chi connectivity index (χ4n) is 5.05. The topological polar surface area (TPSA) is 94.1 Å². The normalized spacial score (nSPS) is 18.2. The molecule has 234 valence electrons. The summed E-state index contributed by atoms with van der Waals surface area (Å²) in [4.78, 5) is 33.9. The maximum Gasteiger partial charge on any atom is 0.417 e. The summed E-state index contributed by atoms with van der Waals surface area (Å²) in [6.07, 6.45) is -9.03. The molecule has 2 aliphatic rings. The van der Waals surface area contributed by atoms with Gasteiger partial charge >= 0.3 is 18.4 Å². The van der Waals surface area contributed by atoms with E-state index in [1.807, 2.05) is 0 Å². The van der Waals surface area contributed by atoms with Gasteiger partial charge in [-0.2, -0.15) is 26.3 Å². The quantitative estimate of drug-likeness (QED) is 0.353. The second-order valence-electron chi connectivity index (χ2n) is 9.87. The summed E-state index contributed by atoms with van der Waals surface area (Å²) in [5.74, 6) is -0.593. The number of hydrogen-bond donors (Lipinski definition) is 0. The van der Waals surface area contributed by atoms with Crippen molar-refractivity contribution in [3.05, 3.63) is 83.0 Å². The van der Waals surface area contributed by atoms with Gasteiger partial charge < -0.3 is 9.80 Å². The van der Waals surface area contributed by atoms with Crippen LogP contribution in [0.4, 0.5) is 42.6 Å². The highest BCUT2D eigenvalue weighted by atomic mass is 35.5. The molecule has 1 unspecified atom stereocenters. The summed E-state index contributed by atoms with van der Waals surface area (Å²) in [7, 11) is -5.06. The number of carbonyl (C=O) groups is 2. The lowest BCUT2D eigenvalue weighted by atomic mass is 10.2. The van der Waals surface area contributed by atoms with Crippen molar-refractivity contribution in [1.29, 1.82) is 0 Å². The number of amides is 3. The number of rotatable bonds is 5. The molecule has 5 rings (SSSR count). The maximum absolute atomic E-state index is 13.8. The molecular formula is C27H22ClF6N5O4S. The monoisotopic (exact) mass is 661 g/mol. The summed E-state index contributed by atoms with van der Waals surface area (Å²) >= 11 is 6.06. The zero-order chi connectivity index (χ0) is 32.0. The molecule has 0 radical (unpaired) electrons. The lowest BCUT2D eigenvalue weighted by Crippen LogP contribution is -2.55. The number of pyridine rings is 1. The summed E-state index contributed by atoms with van der Waals surface area (Å²) in [6, 6.07) is 9.17. The molecule has 17 heteroatoms. The van der Waals surface area contributed by atoms with Crippen molar-refractivity contribution in [2.75, 3.05) is 42.5 Å². The van der Waals surface area contributed by atoms with E-state index in [1.165, 1.54) is 17.0 Å². The molecule has 2 fully saturated rings. The fourth-order valence-corrected chi connectivity index (χ4v) is 6.92. The van der Waals surface area contributed by atoms with E-state index in [2.05, 4.69) is 4.98 Å². The van der Waals surface area contributed by atoms with Crippen LogP contribution in [0, 0.1) is 0 Å². The Bertz CT molecular complexity index is 1680. The first kappa shape index (κ1) is 31.4. The van der Waals surface area contributed by atoms with E-state index in [-0.39, 0.29) is 47.0 Å². The molecule has 2 aromatic carbocycles. The second-order valence-corrected chi connectivity index (χ2v) is 12.1. The van der Waals surface area contributed by atoms with Gasteiger partial charge in [0.1, 0.15) is 11.9 Å². The highest BCUT2D eigenvalue weighted by Crippen LogP contribution is 2.38. The van der Waals surface area contributed by atoms with Crippen LogP contribution in [0.3, 0.4) is 0 Å². The molecule has 0 saturated carbocycles. The summed E-state index contributed by atoms with van der Waals surface area (Å²) < 4.78 is 107. The van der Waals surface area contributed by atoms with Crippen LogP contribution in [0.5, 0.6) is 0 Å². The number of anilines is 2. The number of alkyl halides is 6. The van der Waals surface area contributed by atoms with Gasteiger partial charge in [0, 0.05) is 38.1 Å². The summed E-state index contributed by atoms with van der Waals surface area (Å²) in [5, 5.41) is -0.240. The number of benzene rings is 2. The van der Waals surface area contributed by atoms with Crippen molar-refractivity contribution in [3.63, 3.8) is 0 Å². The molecule has 3 amide bonds. The third-order valence-corrected chi connectivity index (χ3v) is 9.27. The van der Waals surface area contributed by atoms with Crippen molar-refractivity contribution < 1.29 is 44.3 Å². The Morgan fingerprint density at radius 1 is 0.886 bits per heavy atom. The van der Waals surface area contributed by atoms with Crippen molar-refractivity contribution in [2.24, 2.45) is 0 Å². The number of piperazine rings is 1. The van der Waals surface area contributed by atoms with Crippen LogP contribution in [0.1, 0.15) is 11.1 Å². The minimum Gasteiger partial charge on any atom is -0.352 e. The molecule has 2 saturated heterocycles. The Labute approximate surface area is 252 Å². The van der Waals surface area contributed by atoms with E-state index in [4.69, 9.17) is 11.6 Å². The first-order chi connectivity index (χ1) is 20.6. The molecule has 1 aromatic heterocycles. The number of nitrogens with zero attached hydrogens (tertiary/aromatic N) is 5. The van der Waals surface area contributed by atoms with E-state index in [0.29, 0.717) is 12.3 Å². The molecule has 44 heavy (non-hydrogen) atoms. The van der Waals surface area contributed by atoms with Crippen LogP contribution in [0.2, 0.25) is 5.02 Å². The number of carbonyl (C=O) groups excluding carboxylic acids is 2. The van der Waals surface area contributed by atoms with Crippen LogP contribution in [-0.4, -0.2) is 73.3 Å². The number of halogens is 7. The molecule has 9 nitrogen and oxygen atoms in total. The van der Waals surface area contributed by atoms with E-state index < -0.39 is 62.9 Å². The molecular weight excluding hydrogens is 640 g/mol. The largest absolute Gasteiger partial charge is 0.417 e. The number of urea groups is 1. The smallest absolute Gasteiger partial charge is 0.352 e.